The van der Waals surface area contributed by atoms with E-state index in [0.29, 0.717) is 18.3 Å². The van der Waals surface area contributed by atoms with Gasteiger partial charge in [0.05, 0.1) is 12.2 Å². The molecular weight excluding hydrogens is 254 g/mol. The van der Waals surface area contributed by atoms with Crippen molar-refractivity contribution in [3.63, 3.8) is 0 Å². The number of benzene rings is 1. The highest BCUT2D eigenvalue weighted by Crippen LogP contribution is 2.24. The monoisotopic (exact) mass is 275 g/mol. The molecule has 2 aliphatic heterocycles. The van der Waals surface area contributed by atoms with Gasteiger partial charge in [0, 0.05) is 31.0 Å². The van der Waals surface area contributed by atoms with Gasteiger partial charge >= 0.3 is 6.03 Å². The van der Waals surface area contributed by atoms with Crippen molar-refractivity contribution in [2.45, 2.75) is 32.0 Å². The molecule has 1 aromatic rings. The predicted molar refractivity (Wildman–Crippen MR) is 78.7 cm³/mol. The second-order valence-electron chi connectivity index (χ2n) is 5.62. The Labute approximate surface area is 119 Å². The van der Waals surface area contributed by atoms with Gasteiger partial charge in [-0.3, -0.25) is 4.90 Å². The summed E-state index contributed by atoms with van der Waals surface area (Å²) >= 11 is 0. The number of rotatable bonds is 3. The summed E-state index contributed by atoms with van der Waals surface area (Å²) in [6.07, 6.45) is 2.66. The molecule has 20 heavy (non-hydrogen) atoms. The number of urea groups is 1. The maximum Gasteiger partial charge on any atom is 0.324 e. The van der Waals surface area contributed by atoms with Crippen LogP contribution < -0.4 is 10.6 Å². The number of hydrogen-bond donors (Lipinski definition) is 1. The van der Waals surface area contributed by atoms with Crippen molar-refractivity contribution in [3.8, 4) is 0 Å². The third-order valence-corrected chi connectivity index (χ3v) is 4.04. The number of amides is 2. The standard InChI is InChI=1S/C15H21N3O2/c1-11-2-7-14(20-11)10-17-8-9-18(15(17)19)13-5-3-12(16)4-6-13/h3-6,11,14H,2,7-10,16H2,1H3. The summed E-state index contributed by atoms with van der Waals surface area (Å²) in [7, 11) is 0. The first-order chi connectivity index (χ1) is 9.63. The Kier molecular flexibility index (Phi) is 3.53. The Hall–Kier alpha value is -1.75. The lowest BCUT2D eigenvalue weighted by molar-refractivity contribution is 0.0414. The van der Waals surface area contributed by atoms with E-state index >= 15 is 0 Å². The van der Waals surface area contributed by atoms with Crippen LogP contribution in [0.2, 0.25) is 0 Å². The van der Waals surface area contributed by atoms with Crippen LogP contribution in [0.1, 0.15) is 19.8 Å². The van der Waals surface area contributed by atoms with Gasteiger partial charge in [-0.25, -0.2) is 4.79 Å². The third kappa shape index (κ3) is 2.58. The average Bonchev–Trinajstić information content (AvgIpc) is 2.99. The number of ether oxygens (including phenoxy) is 1. The number of carbonyl (C=O) groups is 1. The molecule has 2 amide bonds. The molecule has 2 N–H and O–H groups in total. The molecule has 0 spiro atoms. The van der Waals surface area contributed by atoms with Crippen LogP contribution in [-0.4, -0.2) is 42.8 Å². The maximum atomic E-state index is 12.4. The van der Waals surface area contributed by atoms with E-state index in [4.69, 9.17) is 10.5 Å². The first-order valence-corrected chi connectivity index (χ1v) is 7.21. The lowest BCUT2D eigenvalue weighted by Crippen LogP contribution is -2.36. The van der Waals surface area contributed by atoms with Gasteiger partial charge in [-0.05, 0) is 44.0 Å². The SMILES string of the molecule is CC1CCC(CN2CCN(c3ccc(N)cc3)C2=O)O1. The summed E-state index contributed by atoms with van der Waals surface area (Å²) in [5.41, 5.74) is 7.30. The van der Waals surface area contributed by atoms with E-state index < -0.39 is 0 Å². The van der Waals surface area contributed by atoms with Gasteiger partial charge in [-0.1, -0.05) is 0 Å². The fourth-order valence-electron chi connectivity index (χ4n) is 2.91. The summed E-state index contributed by atoms with van der Waals surface area (Å²) in [5.74, 6) is 0. The summed E-state index contributed by atoms with van der Waals surface area (Å²) in [6.45, 7) is 4.28. The normalized spacial score (nSPS) is 26.6. The number of nitrogens with zero attached hydrogens (tertiary/aromatic N) is 2. The lowest BCUT2D eigenvalue weighted by Gasteiger charge is -2.21. The number of hydrogen-bond acceptors (Lipinski definition) is 3. The van der Waals surface area contributed by atoms with Gasteiger partial charge < -0.3 is 15.4 Å². The van der Waals surface area contributed by atoms with Gasteiger partial charge in [-0.2, -0.15) is 0 Å². The van der Waals surface area contributed by atoms with Crippen LogP contribution in [0.3, 0.4) is 0 Å². The second-order valence-corrected chi connectivity index (χ2v) is 5.62. The van der Waals surface area contributed by atoms with Gasteiger partial charge in [0.15, 0.2) is 0 Å². The van der Waals surface area contributed by atoms with Crippen molar-refractivity contribution in [3.05, 3.63) is 24.3 Å². The average molecular weight is 275 g/mol. The zero-order valence-electron chi connectivity index (χ0n) is 11.8. The molecule has 3 rings (SSSR count). The number of anilines is 2. The molecule has 2 aliphatic rings. The van der Waals surface area contributed by atoms with Crippen LogP contribution in [0, 0.1) is 0 Å². The van der Waals surface area contributed by atoms with E-state index in [1.807, 2.05) is 29.2 Å². The van der Waals surface area contributed by atoms with Crippen LogP contribution in [-0.2, 0) is 4.74 Å². The topological polar surface area (TPSA) is 58.8 Å². The van der Waals surface area contributed by atoms with Crippen molar-refractivity contribution in [1.82, 2.24) is 4.90 Å². The van der Waals surface area contributed by atoms with Gasteiger partial charge in [0.2, 0.25) is 0 Å². The second kappa shape index (κ2) is 5.32. The molecule has 2 unspecified atom stereocenters. The third-order valence-electron chi connectivity index (χ3n) is 4.04. The Morgan fingerprint density at radius 1 is 1.25 bits per heavy atom. The van der Waals surface area contributed by atoms with Crippen LogP contribution in [0.25, 0.3) is 0 Å². The first-order valence-electron chi connectivity index (χ1n) is 7.21. The van der Waals surface area contributed by atoms with E-state index in [0.717, 1.165) is 31.6 Å². The van der Waals surface area contributed by atoms with Gasteiger partial charge in [0.1, 0.15) is 0 Å². The van der Waals surface area contributed by atoms with Crippen LogP contribution in [0.4, 0.5) is 16.2 Å². The molecule has 2 heterocycles. The molecule has 0 aromatic heterocycles. The molecule has 0 saturated carbocycles. The first kappa shape index (κ1) is 13.2. The number of carbonyl (C=O) groups excluding carboxylic acids is 1. The molecule has 2 saturated heterocycles. The molecule has 5 nitrogen and oxygen atoms in total. The molecule has 2 fully saturated rings. The number of nitrogen functional groups attached to an aromatic ring is 1. The Bertz CT molecular complexity index is 488. The molecule has 0 radical (unpaired) electrons. The number of nitrogens with two attached hydrogens (primary N) is 1. The van der Waals surface area contributed by atoms with Crippen LogP contribution in [0.5, 0.6) is 0 Å². The molecule has 1 aromatic carbocycles. The van der Waals surface area contributed by atoms with E-state index in [1.165, 1.54) is 0 Å². The quantitative estimate of drug-likeness (QED) is 0.859. The van der Waals surface area contributed by atoms with E-state index in [-0.39, 0.29) is 12.1 Å². The summed E-state index contributed by atoms with van der Waals surface area (Å²) in [6, 6.07) is 7.51. The highest BCUT2D eigenvalue weighted by molar-refractivity contribution is 5.94. The van der Waals surface area contributed by atoms with E-state index in [2.05, 4.69) is 6.92 Å². The van der Waals surface area contributed by atoms with Crippen LogP contribution >= 0.6 is 0 Å². The van der Waals surface area contributed by atoms with E-state index in [1.54, 1.807) is 4.90 Å². The molecule has 5 heteroatoms. The minimum Gasteiger partial charge on any atom is -0.399 e. The highest BCUT2D eigenvalue weighted by atomic mass is 16.5. The summed E-state index contributed by atoms with van der Waals surface area (Å²) in [4.78, 5) is 16.1. The van der Waals surface area contributed by atoms with Crippen molar-refractivity contribution < 1.29 is 9.53 Å². The Morgan fingerprint density at radius 2 is 2.00 bits per heavy atom. The maximum absolute atomic E-state index is 12.4. The predicted octanol–water partition coefficient (Wildman–Crippen LogP) is 2.08. The molecule has 108 valence electrons. The zero-order valence-corrected chi connectivity index (χ0v) is 11.8. The molecule has 2 atom stereocenters. The fraction of sp³-hybridized carbons (Fsp3) is 0.533. The van der Waals surface area contributed by atoms with Crippen molar-refractivity contribution in [2.24, 2.45) is 0 Å². The minimum atomic E-state index is 0.0675. The molecule has 0 bridgehead atoms. The zero-order chi connectivity index (χ0) is 14.1. The molecular formula is C15H21N3O2. The minimum absolute atomic E-state index is 0.0675. The van der Waals surface area contributed by atoms with Crippen LogP contribution in [0.15, 0.2) is 24.3 Å². The van der Waals surface area contributed by atoms with Crippen molar-refractivity contribution >= 4 is 17.4 Å². The summed E-state index contributed by atoms with van der Waals surface area (Å²) < 4.78 is 5.80. The Morgan fingerprint density at radius 3 is 2.65 bits per heavy atom. The Balaban J connectivity index is 1.63. The fourth-order valence-corrected chi connectivity index (χ4v) is 2.91. The van der Waals surface area contributed by atoms with Crippen molar-refractivity contribution in [1.29, 1.82) is 0 Å². The lowest BCUT2D eigenvalue weighted by atomic mass is 10.2. The smallest absolute Gasteiger partial charge is 0.324 e. The van der Waals surface area contributed by atoms with Gasteiger partial charge in [-0.15, -0.1) is 0 Å². The van der Waals surface area contributed by atoms with Crippen molar-refractivity contribution in [2.75, 3.05) is 30.3 Å². The molecule has 0 aliphatic carbocycles. The summed E-state index contributed by atoms with van der Waals surface area (Å²) in [5, 5.41) is 0. The van der Waals surface area contributed by atoms with Gasteiger partial charge in [0.25, 0.3) is 0 Å². The largest absolute Gasteiger partial charge is 0.399 e. The van der Waals surface area contributed by atoms with E-state index in [9.17, 15) is 4.79 Å². The highest BCUT2D eigenvalue weighted by Gasteiger charge is 2.33.